The quantitative estimate of drug-likeness (QED) is 0.361. The minimum atomic E-state index is -0.938. The summed E-state index contributed by atoms with van der Waals surface area (Å²) in [6.07, 6.45) is 1.15. The molecule has 0 saturated heterocycles. The number of pyridine rings is 1. The fourth-order valence-electron chi connectivity index (χ4n) is 2.19. The second-order valence-corrected chi connectivity index (χ2v) is 6.36. The van der Waals surface area contributed by atoms with Crippen LogP contribution in [0.1, 0.15) is 16.3 Å². The van der Waals surface area contributed by atoms with E-state index in [1.54, 1.807) is 24.3 Å². The summed E-state index contributed by atoms with van der Waals surface area (Å²) >= 11 is 17.5. The number of carbonyl (C=O) groups excluding carboxylic acids is 1. The molecule has 3 aromatic rings. The number of ether oxygens (including phenoxy) is 1. The number of hydrogen-bond acceptors (Lipinski definition) is 6. The number of aromatic amines is 1. The van der Waals surface area contributed by atoms with E-state index in [0.29, 0.717) is 11.0 Å². The third kappa shape index (κ3) is 3.83. The Bertz CT molecular complexity index is 1090. The molecule has 27 heavy (non-hydrogen) atoms. The van der Waals surface area contributed by atoms with Crippen molar-refractivity contribution in [1.82, 2.24) is 15.0 Å². The van der Waals surface area contributed by atoms with Crippen molar-refractivity contribution < 1.29 is 14.6 Å². The van der Waals surface area contributed by atoms with Gasteiger partial charge in [-0.15, -0.1) is 0 Å². The molecule has 0 unspecified atom stereocenters. The zero-order chi connectivity index (χ0) is 19.6. The van der Waals surface area contributed by atoms with Gasteiger partial charge in [-0.05, 0) is 12.1 Å². The van der Waals surface area contributed by atoms with Gasteiger partial charge in [0.1, 0.15) is 18.2 Å². The molecule has 0 atom stereocenters. The third-order valence-corrected chi connectivity index (χ3v) is 4.72. The summed E-state index contributed by atoms with van der Waals surface area (Å²) in [6, 6.07) is 8.95. The minimum Gasteiger partial charge on any atom is -0.507 e. The van der Waals surface area contributed by atoms with Crippen LogP contribution in [0.25, 0.3) is 16.6 Å². The molecule has 0 saturated carbocycles. The van der Waals surface area contributed by atoms with Gasteiger partial charge >= 0.3 is 5.97 Å². The number of nitrogens with zero attached hydrogens (tertiary/aromatic N) is 3. The number of hydrogen-bond donors (Lipinski definition) is 2. The molecule has 7 nitrogen and oxygen atoms in total. The van der Waals surface area contributed by atoms with Crippen LogP contribution < -0.4 is 0 Å². The molecule has 136 valence electrons. The predicted octanol–water partition coefficient (Wildman–Crippen LogP) is 4.57. The van der Waals surface area contributed by atoms with Gasteiger partial charge in [-0.25, -0.2) is 14.8 Å². The number of fused-ring (bicyclic) bond motifs is 1. The first-order valence-electron chi connectivity index (χ1n) is 7.36. The van der Waals surface area contributed by atoms with E-state index in [-0.39, 0.29) is 32.2 Å². The Kier molecular flexibility index (Phi) is 5.51. The maximum absolute atomic E-state index is 12.1. The SMILES string of the molecule is N#C/C(=C(/O)COC(=O)c1ncc(Cl)c(Cl)c1Cl)c1nc2ccccc2[nH]1. The van der Waals surface area contributed by atoms with Crippen LogP contribution in [-0.4, -0.2) is 32.6 Å². The Morgan fingerprint density at radius 1 is 1.26 bits per heavy atom. The monoisotopic (exact) mass is 422 g/mol. The molecule has 1 aromatic carbocycles. The van der Waals surface area contributed by atoms with E-state index >= 15 is 0 Å². The summed E-state index contributed by atoms with van der Waals surface area (Å²) in [5.41, 5.74) is 0.891. The largest absolute Gasteiger partial charge is 0.507 e. The number of para-hydroxylation sites is 2. The van der Waals surface area contributed by atoms with E-state index in [9.17, 15) is 15.2 Å². The molecule has 0 bridgehead atoms. The minimum absolute atomic E-state index is 0.0416. The highest BCUT2D eigenvalue weighted by Crippen LogP contribution is 2.31. The number of halogens is 3. The third-order valence-electron chi connectivity index (χ3n) is 3.48. The van der Waals surface area contributed by atoms with Crippen LogP contribution in [0.3, 0.4) is 0 Å². The van der Waals surface area contributed by atoms with E-state index in [4.69, 9.17) is 39.5 Å². The van der Waals surface area contributed by atoms with Gasteiger partial charge in [0.15, 0.2) is 17.3 Å². The molecule has 0 fully saturated rings. The van der Waals surface area contributed by atoms with Gasteiger partial charge in [0, 0.05) is 6.20 Å². The lowest BCUT2D eigenvalue weighted by Crippen LogP contribution is -2.11. The number of aliphatic hydroxyl groups is 1. The zero-order valence-electron chi connectivity index (χ0n) is 13.3. The molecule has 0 spiro atoms. The van der Waals surface area contributed by atoms with E-state index < -0.39 is 18.3 Å². The molecule has 0 aliphatic carbocycles. The van der Waals surface area contributed by atoms with Crippen LogP contribution in [0.5, 0.6) is 0 Å². The number of H-pyrrole nitrogens is 1. The Hall–Kier alpha value is -2.79. The number of aliphatic hydroxyl groups excluding tert-OH is 1. The topological polar surface area (TPSA) is 112 Å². The summed E-state index contributed by atoms with van der Waals surface area (Å²) in [7, 11) is 0. The van der Waals surface area contributed by atoms with Crippen LogP contribution in [0.2, 0.25) is 15.1 Å². The van der Waals surface area contributed by atoms with Crippen molar-refractivity contribution in [3.8, 4) is 6.07 Å². The molecule has 3 rings (SSSR count). The van der Waals surface area contributed by atoms with Crippen molar-refractivity contribution in [2.45, 2.75) is 0 Å². The second-order valence-electron chi connectivity index (χ2n) is 5.19. The van der Waals surface area contributed by atoms with Crippen LogP contribution in [0.15, 0.2) is 36.2 Å². The summed E-state index contributed by atoms with van der Waals surface area (Å²) in [5.74, 6) is -1.27. The Morgan fingerprint density at radius 2 is 2.00 bits per heavy atom. The number of carbonyl (C=O) groups is 1. The Balaban J connectivity index is 1.82. The number of imidazole rings is 1. The number of nitriles is 1. The highest BCUT2D eigenvalue weighted by molar-refractivity contribution is 6.48. The number of esters is 1. The Morgan fingerprint density at radius 3 is 2.70 bits per heavy atom. The highest BCUT2D eigenvalue weighted by Gasteiger charge is 2.20. The van der Waals surface area contributed by atoms with Crippen molar-refractivity contribution in [2.75, 3.05) is 6.61 Å². The standard InChI is InChI=1S/C17H9Cl3N4O3/c18-9-6-22-15(14(20)13(9)19)17(26)27-7-12(25)8(5-21)16-23-10-3-1-2-4-11(10)24-16/h1-4,6,25H,7H2,(H,23,24)/b12-8-. The van der Waals surface area contributed by atoms with Gasteiger partial charge in [0.2, 0.25) is 0 Å². The van der Waals surface area contributed by atoms with Gasteiger partial charge in [-0.2, -0.15) is 5.26 Å². The van der Waals surface area contributed by atoms with Crippen molar-refractivity contribution in [1.29, 1.82) is 5.26 Å². The number of benzene rings is 1. The van der Waals surface area contributed by atoms with Gasteiger partial charge in [-0.1, -0.05) is 46.9 Å². The van der Waals surface area contributed by atoms with E-state index in [1.807, 2.05) is 6.07 Å². The molecule has 2 N–H and O–H groups in total. The molecule has 0 radical (unpaired) electrons. The van der Waals surface area contributed by atoms with E-state index in [2.05, 4.69) is 15.0 Å². The van der Waals surface area contributed by atoms with Gasteiger partial charge < -0.3 is 14.8 Å². The first-order valence-corrected chi connectivity index (χ1v) is 8.49. The van der Waals surface area contributed by atoms with Crippen molar-refractivity contribution >= 4 is 57.4 Å². The summed E-state index contributed by atoms with van der Waals surface area (Å²) < 4.78 is 4.96. The van der Waals surface area contributed by atoms with Crippen LogP contribution in [-0.2, 0) is 4.74 Å². The normalized spacial score (nSPS) is 11.8. The molecule has 0 aliphatic rings. The number of rotatable bonds is 4. The average molecular weight is 424 g/mol. The van der Waals surface area contributed by atoms with E-state index in [1.165, 1.54) is 0 Å². The van der Waals surface area contributed by atoms with Crippen LogP contribution in [0.4, 0.5) is 0 Å². The lowest BCUT2D eigenvalue weighted by Gasteiger charge is -2.07. The molecule has 10 heteroatoms. The van der Waals surface area contributed by atoms with Crippen molar-refractivity contribution in [3.63, 3.8) is 0 Å². The number of aromatic nitrogens is 3. The maximum Gasteiger partial charge on any atom is 0.358 e. The predicted molar refractivity (Wildman–Crippen MR) is 101 cm³/mol. The maximum atomic E-state index is 12.1. The second kappa shape index (κ2) is 7.84. The zero-order valence-corrected chi connectivity index (χ0v) is 15.6. The van der Waals surface area contributed by atoms with E-state index in [0.717, 1.165) is 6.20 Å². The fraction of sp³-hybridized carbons (Fsp3) is 0.0588. The van der Waals surface area contributed by atoms with Crippen molar-refractivity contribution in [3.05, 3.63) is 62.8 Å². The lowest BCUT2D eigenvalue weighted by molar-refractivity contribution is 0.0496. The molecule has 2 aromatic heterocycles. The number of allylic oxidation sites excluding steroid dienone is 1. The first kappa shape index (κ1) is 19.0. The Labute approximate surface area is 167 Å². The summed E-state index contributed by atoms with van der Waals surface area (Å²) in [5, 5.41) is 19.4. The molecular formula is C17H9Cl3N4O3. The fourth-order valence-corrected chi connectivity index (χ4v) is 2.74. The summed E-state index contributed by atoms with van der Waals surface area (Å²) in [6.45, 7) is -0.586. The first-order chi connectivity index (χ1) is 12.9. The molecule has 2 heterocycles. The molecular weight excluding hydrogens is 415 g/mol. The highest BCUT2D eigenvalue weighted by atomic mass is 35.5. The summed E-state index contributed by atoms with van der Waals surface area (Å²) in [4.78, 5) is 23.0. The average Bonchev–Trinajstić information content (AvgIpc) is 3.08. The lowest BCUT2D eigenvalue weighted by atomic mass is 10.2. The smallest absolute Gasteiger partial charge is 0.358 e. The molecule has 0 aliphatic heterocycles. The van der Waals surface area contributed by atoms with Gasteiger partial charge in [-0.3, -0.25) is 0 Å². The molecule has 0 amide bonds. The number of nitrogens with one attached hydrogen (secondary N) is 1. The van der Waals surface area contributed by atoms with Gasteiger partial charge in [0.05, 0.1) is 26.1 Å². The van der Waals surface area contributed by atoms with Gasteiger partial charge in [0.25, 0.3) is 0 Å². The van der Waals surface area contributed by atoms with Crippen molar-refractivity contribution in [2.24, 2.45) is 0 Å². The van der Waals surface area contributed by atoms with Crippen LogP contribution >= 0.6 is 34.8 Å². The van der Waals surface area contributed by atoms with Crippen LogP contribution in [0, 0.1) is 11.3 Å².